The molecular weight excluding hydrogens is 315 g/mol. The first-order chi connectivity index (χ1) is 8.30. The van der Waals surface area contributed by atoms with Gasteiger partial charge in [-0.3, -0.25) is 9.59 Å². The van der Waals surface area contributed by atoms with Crippen LogP contribution in [0.25, 0.3) is 0 Å². The summed E-state index contributed by atoms with van der Waals surface area (Å²) in [6, 6.07) is 3.24. The zero-order valence-corrected chi connectivity index (χ0v) is 10.2. The maximum Gasteiger partial charge on any atom is 0.418 e. The molecule has 1 aromatic carbocycles. The number of alkyl halides is 3. The van der Waals surface area contributed by atoms with Crippen LogP contribution in [0.15, 0.2) is 34.8 Å². The number of hydrogen-bond donors (Lipinski definition) is 0. The standard InChI is InChI=1S/C11H5BrF3NO2/c12-6-1-2-8(7(5-6)11(13,14)15)16-9(17)3-4-10(16)18/h1-5H. The van der Waals surface area contributed by atoms with Gasteiger partial charge in [-0.25, -0.2) is 4.90 Å². The lowest BCUT2D eigenvalue weighted by Crippen LogP contribution is -2.31. The van der Waals surface area contributed by atoms with Crippen molar-refractivity contribution in [3.63, 3.8) is 0 Å². The summed E-state index contributed by atoms with van der Waals surface area (Å²) in [5.41, 5.74) is -1.51. The number of benzene rings is 1. The van der Waals surface area contributed by atoms with E-state index in [1.807, 2.05) is 0 Å². The lowest BCUT2D eigenvalue weighted by atomic mass is 10.1. The van der Waals surface area contributed by atoms with Crippen LogP contribution in [-0.2, 0) is 15.8 Å². The Bertz CT molecular complexity index is 548. The Kier molecular flexibility index (Phi) is 3.02. The van der Waals surface area contributed by atoms with Crippen LogP contribution in [0, 0.1) is 0 Å². The van der Waals surface area contributed by atoms with Crippen LogP contribution in [-0.4, -0.2) is 11.8 Å². The van der Waals surface area contributed by atoms with Crippen molar-refractivity contribution in [1.29, 1.82) is 0 Å². The third-order valence-electron chi connectivity index (χ3n) is 2.31. The van der Waals surface area contributed by atoms with E-state index in [1.165, 1.54) is 6.07 Å². The Labute approximate surface area is 108 Å². The average Bonchev–Trinajstić information content (AvgIpc) is 2.58. The first kappa shape index (κ1) is 12.8. The molecule has 0 radical (unpaired) electrons. The predicted octanol–water partition coefficient (Wildman–Crippen LogP) is 2.90. The fourth-order valence-corrected chi connectivity index (χ4v) is 1.93. The van der Waals surface area contributed by atoms with Crippen molar-refractivity contribution in [2.75, 3.05) is 4.90 Å². The molecule has 0 aromatic heterocycles. The second-order valence-corrected chi connectivity index (χ2v) is 4.42. The van der Waals surface area contributed by atoms with E-state index < -0.39 is 29.2 Å². The Morgan fingerprint density at radius 3 is 2.11 bits per heavy atom. The molecule has 0 aliphatic carbocycles. The van der Waals surface area contributed by atoms with E-state index in [9.17, 15) is 22.8 Å². The third-order valence-corrected chi connectivity index (χ3v) is 2.81. The normalized spacial score (nSPS) is 15.7. The second-order valence-electron chi connectivity index (χ2n) is 3.50. The summed E-state index contributed by atoms with van der Waals surface area (Å²) >= 11 is 2.92. The Morgan fingerprint density at radius 2 is 1.61 bits per heavy atom. The fourth-order valence-electron chi connectivity index (χ4n) is 1.57. The molecule has 2 amide bonds. The van der Waals surface area contributed by atoms with Gasteiger partial charge in [0.2, 0.25) is 0 Å². The predicted molar refractivity (Wildman–Crippen MR) is 60.8 cm³/mol. The molecule has 1 heterocycles. The van der Waals surface area contributed by atoms with E-state index in [0.29, 0.717) is 4.90 Å². The van der Waals surface area contributed by atoms with E-state index in [4.69, 9.17) is 0 Å². The summed E-state index contributed by atoms with van der Waals surface area (Å²) in [7, 11) is 0. The van der Waals surface area contributed by atoms with Gasteiger partial charge in [0.25, 0.3) is 11.8 Å². The molecule has 0 atom stereocenters. The molecule has 94 valence electrons. The highest BCUT2D eigenvalue weighted by atomic mass is 79.9. The lowest BCUT2D eigenvalue weighted by Gasteiger charge is -2.19. The molecule has 3 nitrogen and oxygen atoms in total. The Morgan fingerprint density at radius 1 is 1.06 bits per heavy atom. The van der Waals surface area contributed by atoms with E-state index in [0.717, 1.165) is 24.3 Å². The summed E-state index contributed by atoms with van der Waals surface area (Å²) in [6.07, 6.45) is -2.78. The molecule has 18 heavy (non-hydrogen) atoms. The summed E-state index contributed by atoms with van der Waals surface area (Å²) in [4.78, 5) is 23.3. The van der Waals surface area contributed by atoms with Crippen LogP contribution in [0.5, 0.6) is 0 Å². The number of anilines is 1. The second kappa shape index (κ2) is 4.24. The molecule has 0 saturated heterocycles. The van der Waals surface area contributed by atoms with Gasteiger partial charge < -0.3 is 0 Å². The Hall–Kier alpha value is -1.63. The van der Waals surface area contributed by atoms with Crippen LogP contribution < -0.4 is 4.90 Å². The number of amides is 2. The van der Waals surface area contributed by atoms with Crippen molar-refractivity contribution < 1.29 is 22.8 Å². The van der Waals surface area contributed by atoms with Gasteiger partial charge in [-0.2, -0.15) is 13.2 Å². The third kappa shape index (κ3) is 2.17. The van der Waals surface area contributed by atoms with Crippen molar-refractivity contribution in [2.24, 2.45) is 0 Å². The molecule has 7 heteroatoms. The molecule has 1 aromatic rings. The maximum atomic E-state index is 12.8. The first-order valence-corrected chi connectivity index (χ1v) is 5.53. The number of nitrogens with zero attached hydrogens (tertiary/aromatic N) is 1. The van der Waals surface area contributed by atoms with Crippen LogP contribution in [0.2, 0.25) is 0 Å². The molecule has 0 saturated carbocycles. The monoisotopic (exact) mass is 319 g/mol. The Balaban J connectivity index is 2.58. The quantitative estimate of drug-likeness (QED) is 0.746. The molecular formula is C11H5BrF3NO2. The largest absolute Gasteiger partial charge is 0.418 e. The van der Waals surface area contributed by atoms with Gasteiger partial charge in [0.05, 0.1) is 11.3 Å². The number of halogens is 4. The molecule has 1 aliphatic rings. The summed E-state index contributed by atoms with van der Waals surface area (Å²) in [6.45, 7) is 0. The summed E-state index contributed by atoms with van der Waals surface area (Å²) < 4.78 is 38.7. The molecule has 0 N–H and O–H groups in total. The molecule has 2 rings (SSSR count). The highest BCUT2D eigenvalue weighted by molar-refractivity contribution is 9.10. The van der Waals surface area contributed by atoms with Gasteiger partial charge >= 0.3 is 6.18 Å². The van der Waals surface area contributed by atoms with Crippen LogP contribution in [0.1, 0.15) is 5.56 Å². The van der Waals surface area contributed by atoms with Crippen LogP contribution >= 0.6 is 15.9 Å². The average molecular weight is 320 g/mol. The van der Waals surface area contributed by atoms with Gasteiger partial charge in [-0.15, -0.1) is 0 Å². The van der Waals surface area contributed by atoms with E-state index in [-0.39, 0.29) is 4.47 Å². The highest BCUT2D eigenvalue weighted by Gasteiger charge is 2.38. The number of imide groups is 1. The SMILES string of the molecule is O=C1C=CC(=O)N1c1ccc(Br)cc1C(F)(F)F. The van der Waals surface area contributed by atoms with Crippen molar-refractivity contribution in [2.45, 2.75) is 6.18 Å². The van der Waals surface area contributed by atoms with Gasteiger partial charge in [0, 0.05) is 16.6 Å². The number of rotatable bonds is 1. The van der Waals surface area contributed by atoms with Crippen LogP contribution in [0.3, 0.4) is 0 Å². The zero-order chi connectivity index (χ0) is 13.5. The van der Waals surface area contributed by atoms with Gasteiger partial charge in [-0.05, 0) is 18.2 Å². The first-order valence-electron chi connectivity index (χ1n) is 4.73. The van der Waals surface area contributed by atoms with Gasteiger partial charge in [0.1, 0.15) is 0 Å². The number of hydrogen-bond acceptors (Lipinski definition) is 2. The topological polar surface area (TPSA) is 37.4 Å². The molecule has 0 bridgehead atoms. The minimum Gasteiger partial charge on any atom is -0.269 e. The van der Waals surface area contributed by atoms with E-state index >= 15 is 0 Å². The molecule has 1 aliphatic heterocycles. The van der Waals surface area contributed by atoms with E-state index in [1.54, 1.807) is 0 Å². The van der Waals surface area contributed by atoms with Crippen molar-refractivity contribution in [1.82, 2.24) is 0 Å². The van der Waals surface area contributed by atoms with E-state index in [2.05, 4.69) is 15.9 Å². The molecule has 0 spiro atoms. The fraction of sp³-hybridized carbons (Fsp3) is 0.0909. The van der Waals surface area contributed by atoms with Gasteiger partial charge in [-0.1, -0.05) is 15.9 Å². The minimum absolute atomic E-state index is 0.214. The maximum absolute atomic E-state index is 12.8. The molecule has 0 fully saturated rings. The zero-order valence-electron chi connectivity index (χ0n) is 8.66. The van der Waals surface area contributed by atoms with Crippen molar-refractivity contribution in [3.05, 3.63) is 40.4 Å². The van der Waals surface area contributed by atoms with Crippen LogP contribution in [0.4, 0.5) is 18.9 Å². The van der Waals surface area contributed by atoms with Crippen molar-refractivity contribution in [3.8, 4) is 0 Å². The highest BCUT2D eigenvalue weighted by Crippen LogP contribution is 2.39. The lowest BCUT2D eigenvalue weighted by molar-refractivity contribution is -0.137. The minimum atomic E-state index is -4.65. The van der Waals surface area contributed by atoms with Crippen molar-refractivity contribution >= 4 is 33.4 Å². The smallest absolute Gasteiger partial charge is 0.269 e. The number of carbonyl (C=O) groups excluding carboxylic acids is 2. The number of carbonyl (C=O) groups is 2. The summed E-state index contributed by atoms with van der Waals surface area (Å²) in [5.74, 6) is -1.57. The molecule has 0 unspecified atom stereocenters. The summed E-state index contributed by atoms with van der Waals surface area (Å²) in [5, 5.41) is 0. The van der Waals surface area contributed by atoms with Gasteiger partial charge in [0.15, 0.2) is 0 Å².